The molecule has 1 aromatic carbocycles. The molecule has 0 aliphatic heterocycles. The zero-order chi connectivity index (χ0) is 12.8. The molecule has 1 rings (SSSR count). The number of hydrogen-bond acceptors (Lipinski definition) is 4. The van der Waals surface area contributed by atoms with Crippen molar-refractivity contribution in [3.63, 3.8) is 0 Å². The van der Waals surface area contributed by atoms with E-state index in [1.165, 1.54) is 12.1 Å². The molecule has 92 valence electrons. The average molecular weight is 238 g/mol. The second kappa shape index (κ2) is 6.00. The second-order valence-electron chi connectivity index (χ2n) is 3.28. The molecule has 5 nitrogen and oxygen atoms in total. The Bertz CT molecular complexity index is 413. The second-order valence-corrected chi connectivity index (χ2v) is 3.28. The van der Waals surface area contributed by atoms with Crippen molar-refractivity contribution in [1.29, 1.82) is 0 Å². The monoisotopic (exact) mass is 238 g/mol. The number of rotatable bonds is 5. The smallest absolute Gasteiger partial charge is 0.341 e. The topological polar surface area (TPSA) is 72.8 Å². The summed E-state index contributed by atoms with van der Waals surface area (Å²) in [5, 5.41) is 8.91. The van der Waals surface area contributed by atoms with Crippen molar-refractivity contribution >= 4 is 11.9 Å². The first-order valence-electron chi connectivity index (χ1n) is 5.21. The number of benzene rings is 1. The van der Waals surface area contributed by atoms with Gasteiger partial charge in [-0.15, -0.1) is 0 Å². The van der Waals surface area contributed by atoms with Crippen LogP contribution in [0.4, 0.5) is 0 Å². The third kappa shape index (κ3) is 3.57. The number of carboxylic acids is 1. The Balaban J connectivity index is 2.85. The minimum atomic E-state index is -1.17. The third-order valence-corrected chi connectivity index (χ3v) is 2.05. The molecule has 0 aliphatic rings. The van der Waals surface area contributed by atoms with Crippen LogP contribution in [0.25, 0.3) is 0 Å². The fourth-order valence-corrected chi connectivity index (χ4v) is 1.33. The molecular formula is C12H14O5. The summed E-state index contributed by atoms with van der Waals surface area (Å²) in [6.07, 6.45) is -0.700. The van der Waals surface area contributed by atoms with Gasteiger partial charge in [-0.3, -0.25) is 0 Å². The SMILES string of the molecule is CCOC(C)OC(=O)c1ccccc1C(=O)O. The molecule has 0 heterocycles. The van der Waals surface area contributed by atoms with Gasteiger partial charge in [0.2, 0.25) is 0 Å². The molecule has 0 fully saturated rings. The Morgan fingerprint density at radius 3 is 2.41 bits per heavy atom. The van der Waals surface area contributed by atoms with E-state index in [1.807, 2.05) is 0 Å². The number of carbonyl (C=O) groups excluding carboxylic acids is 1. The predicted molar refractivity (Wildman–Crippen MR) is 59.9 cm³/mol. The first-order valence-corrected chi connectivity index (χ1v) is 5.21. The van der Waals surface area contributed by atoms with E-state index >= 15 is 0 Å². The molecule has 0 amide bonds. The van der Waals surface area contributed by atoms with E-state index in [4.69, 9.17) is 14.6 Å². The molecule has 1 atom stereocenters. The Morgan fingerprint density at radius 2 is 1.88 bits per heavy atom. The van der Waals surface area contributed by atoms with Crippen LogP contribution in [0.1, 0.15) is 34.6 Å². The van der Waals surface area contributed by atoms with E-state index in [2.05, 4.69) is 0 Å². The van der Waals surface area contributed by atoms with Crippen LogP contribution in [-0.4, -0.2) is 29.9 Å². The lowest BCUT2D eigenvalue weighted by Gasteiger charge is -2.13. The van der Waals surface area contributed by atoms with E-state index in [0.717, 1.165) is 0 Å². The molecular weight excluding hydrogens is 224 g/mol. The molecule has 1 aromatic rings. The lowest BCUT2D eigenvalue weighted by atomic mass is 10.1. The van der Waals surface area contributed by atoms with E-state index < -0.39 is 18.2 Å². The maximum absolute atomic E-state index is 11.7. The van der Waals surface area contributed by atoms with E-state index in [9.17, 15) is 9.59 Å². The molecule has 0 bridgehead atoms. The third-order valence-electron chi connectivity index (χ3n) is 2.05. The van der Waals surface area contributed by atoms with E-state index in [-0.39, 0.29) is 11.1 Å². The van der Waals surface area contributed by atoms with Gasteiger partial charge in [-0.05, 0) is 26.0 Å². The van der Waals surface area contributed by atoms with Crippen LogP contribution in [0.3, 0.4) is 0 Å². The van der Waals surface area contributed by atoms with Gasteiger partial charge >= 0.3 is 11.9 Å². The first kappa shape index (κ1) is 13.2. The maximum Gasteiger partial charge on any atom is 0.341 e. The molecule has 17 heavy (non-hydrogen) atoms. The molecule has 0 spiro atoms. The van der Waals surface area contributed by atoms with Crippen LogP contribution in [0.2, 0.25) is 0 Å². The van der Waals surface area contributed by atoms with Crippen molar-refractivity contribution in [3.8, 4) is 0 Å². The molecule has 0 saturated heterocycles. The largest absolute Gasteiger partial charge is 0.478 e. The van der Waals surface area contributed by atoms with Crippen LogP contribution in [0.5, 0.6) is 0 Å². The van der Waals surface area contributed by atoms with Gasteiger partial charge in [0, 0.05) is 6.61 Å². The molecule has 0 saturated carbocycles. The summed E-state index contributed by atoms with van der Waals surface area (Å²) in [6, 6.07) is 5.88. The highest BCUT2D eigenvalue weighted by molar-refractivity contribution is 6.02. The normalized spacial score (nSPS) is 11.9. The van der Waals surface area contributed by atoms with Crippen LogP contribution in [0.15, 0.2) is 24.3 Å². The molecule has 5 heteroatoms. The van der Waals surface area contributed by atoms with Gasteiger partial charge < -0.3 is 14.6 Å². The first-order chi connectivity index (χ1) is 8.06. The average Bonchev–Trinajstić information content (AvgIpc) is 2.29. The van der Waals surface area contributed by atoms with Gasteiger partial charge in [-0.1, -0.05) is 12.1 Å². The highest BCUT2D eigenvalue weighted by Gasteiger charge is 2.18. The quantitative estimate of drug-likeness (QED) is 0.626. The number of ether oxygens (including phenoxy) is 2. The Labute approximate surface area is 99.0 Å². The van der Waals surface area contributed by atoms with Crippen molar-refractivity contribution in [3.05, 3.63) is 35.4 Å². The number of carboxylic acid groups (broad SMARTS) is 1. The van der Waals surface area contributed by atoms with Crippen LogP contribution < -0.4 is 0 Å². The molecule has 1 unspecified atom stereocenters. The van der Waals surface area contributed by atoms with Gasteiger partial charge in [0.1, 0.15) is 0 Å². The van der Waals surface area contributed by atoms with Crippen molar-refractivity contribution in [2.24, 2.45) is 0 Å². The van der Waals surface area contributed by atoms with Crippen LogP contribution in [-0.2, 0) is 9.47 Å². The summed E-state index contributed by atoms with van der Waals surface area (Å²) in [5.74, 6) is -1.87. The van der Waals surface area contributed by atoms with Crippen molar-refractivity contribution < 1.29 is 24.2 Å². The molecule has 0 aliphatic carbocycles. The molecule has 1 N–H and O–H groups in total. The number of carbonyl (C=O) groups is 2. The summed E-state index contributed by atoms with van der Waals surface area (Å²) < 4.78 is 9.99. The molecule has 0 radical (unpaired) electrons. The van der Waals surface area contributed by atoms with Crippen molar-refractivity contribution in [2.45, 2.75) is 20.1 Å². The summed E-state index contributed by atoms with van der Waals surface area (Å²) in [4.78, 5) is 22.6. The molecule has 0 aromatic heterocycles. The highest BCUT2D eigenvalue weighted by Crippen LogP contribution is 2.11. The predicted octanol–water partition coefficient (Wildman–Crippen LogP) is 1.92. The number of aromatic carboxylic acids is 1. The van der Waals surface area contributed by atoms with Crippen LogP contribution in [0, 0.1) is 0 Å². The fraction of sp³-hybridized carbons (Fsp3) is 0.333. The highest BCUT2D eigenvalue weighted by atomic mass is 16.7. The summed E-state index contributed by atoms with van der Waals surface area (Å²) >= 11 is 0. The minimum Gasteiger partial charge on any atom is -0.478 e. The number of hydrogen-bond donors (Lipinski definition) is 1. The van der Waals surface area contributed by atoms with Gasteiger partial charge in [0.25, 0.3) is 0 Å². The fourth-order valence-electron chi connectivity index (χ4n) is 1.33. The zero-order valence-electron chi connectivity index (χ0n) is 9.67. The Kier molecular flexibility index (Phi) is 4.66. The standard InChI is InChI=1S/C12H14O5/c1-3-16-8(2)17-12(15)10-7-5-4-6-9(10)11(13)14/h4-8H,3H2,1-2H3,(H,13,14). The van der Waals surface area contributed by atoms with Crippen molar-refractivity contribution in [1.82, 2.24) is 0 Å². The lowest BCUT2D eigenvalue weighted by molar-refractivity contribution is -0.0941. The lowest BCUT2D eigenvalue weighted by Crippen LogP contribution is -2.20. The van der Waals surface area contributed by atoms with Gasteiger partial charge in [-0.25, -0.2) is 9.59 Å². The Hall–Kier alpha value is -1.88. The Morgan fingerprint density at radius 1 is 1.29 bits per heavy atom. The summed E-state index contributed by atoms with van der Waals surface area (Å²) in [6.45, 7) is 3.76. The van der Waals surface area contributed by atoms with Gasteiger partial charge in [-0.2, -0.15) is 0 Å². The maximum atomic E-state index is 11.7. The van der Waals surface area contributed by atoms with Crippen LogP contribution >= 0.6 is 0 Å². The summed E-state index contributed by atoms with van der Waals surface area (Å²) in [7, 11) is 0. The van der Waals surface area contributed by atoms with Gasteiger partial charge in [0.05, 0.1) is 11.1 Å². The minimum absolute atomic E-state index is 0.0200. The van der Waals surface area contributed by atoms with E-state index in [0.29, 0.717) is 6.61 Å². The van der Waals surface area contributed by atoms with E-state index in [1.54, 1.807) is 26.0 Å². The zero-order valence-corrected chi connectivity index (χ0v) is 9.67. The van der Waals surface area contributed by atoms with Crippen molar-refractivity contribution in [2.75, 3.05) is 6.61 Å². The number of esters is 1. The van der Waals surface area contributed by atoms with Gasteiger partial charge in [0.15, 0.2) is 6.29 Å². The summed E-state index contributed by atoms with van der Waals surface area (Å²) in [5.41, 5.74) is -0.0623.